The maximum Gasteiger partial charge on any atom is 0.0220 e. The van der Waals surface area contributed by atoms with Crippen molar-refractivity contribution in [2.45, 2.75) is 39.7 Å². The van der Waals surface area contributed by atoms with Gasteiger partial charge >= 0.3 is 0 Å². The summed E-state index contributed by atoms with van der Waals surface area (Å²) in [6.07, 6.45) is 1.23. The predicted octanol–water partition coefficient (Wildman–Crippen LogP) is 2.75. The third-order valence-corrected chi connectivity index (χ3v) is 2.63. The molecule has 0 aromatic carbocycles. The largest absolute Gasteiger partial charge is 0.255 e. The van der Waals surface area contributed by atoms with Crippen molar-refractivity contribution in [2.24, 2.45) is 5.92 Å². The van der Waals surface area contributed by atoms with E-state index >= 15 is 0 Å². The van der Waals surface area contributed by atoms with Crippen LogP contribution in [0.4, 0.5) is 0 Å². The standard InChI is InChI=1S/C7H16IN/c1-6(2)5-7(3,4)9-8/h6,9H,5H2,1-4H3. The molecule has 0 spiro atoms. The van der Waals surface area contributed by atoms with Crippen LogP contribution < -0.4 is 3.53 Å². The van der Waals surface area contributed by atoms with E-state index in [1.165, 1.54) is 6.42 Å². The van der Waals surface area contributed by atoms with E-state index in [9.17, 15) is 0 Å². The Balaban J connectivity index is 3.58. The van der Waals surface area contributed by atoms with Gasteiger partial charge in [-0.2, -0.15) is 0 Å². The van der Waals surface area contributed by atoms with Gasteiger partial charge in [-0.3, -0.25) is 3.53 Å². The fourth-order valence-electron chi connectivity index (χ4n) is 1.06. The van der Waals surface area contributed by atoms with Gasteiger partial charge in [-0.15, -0.1) is 0 Å². The zero-order valence-corrected chi connectivity index (χ0v) is 8.82. The average molecular weight is 241 g/mol. The van der Waals surface area contributed by atoms with E-state index in [2.05, 4.69) is 54.1 Å². The Hall–Kier alpha value is 0.690. The summed E-state index contributed by atoms with van der Waals surface area (Å²) in [4.78, 5) is 0. The van der Waals surface area contributed by atoms with Crippen LogP contribution in [-0.2, 0) is 0 Å². The van der Waals surface area contributed by atoms with Gasteiger partial charge in [0.05, 0.1) is 0 Å². The Bertz CT molecular complexity index is 79.0. The van der Waals surface area contributed by atoms with Crippen LogP contribution in [0.2, 0.25) is 0 Å². The average Bonchev–Trinajstić information content (AvgIpc) is 1.63. The summed E-state index contributed by atoms with van der Waals surface area (Å²) >= 11 is 2.21. The number of rotatable bonds is 3. The second-order valence-electron chi connectivity index (χ2n) is 3.58. The third kappa shape index (κ3) is 5.15. The summed E-state index contributed by atoms with van der Waals surface area (Å²) in [5.74, 6) is 0.780. The van der Waals surface area contributed by atoms with E-state index < -0.39 is 0 Å². The Morgan fingerprint density at radius 2 is 1.89 bits per heavy atom. The number of nitrogens with one attached hydrogen (secondary N) is 1. The molecule has 1 N–H and O–H groups in total. The Morgan fingerprint density at radius 1 is 1.44 bits per heavy atom. The second kappa shape index (κ2) is 3.76. The van der Waals surface area contributed by atoms with E-state index in [-0.39, 0.29) is 0 Å². The van der Waals surface area contributed by atoms with Crippen LogP contribution >= 0.6 is 22.9 Å². The molecule has 0 heterocycles. The summed E-state index contributed by atoms with van der Waals surface area (Å²) in [6.45, 7) is 8.93. The summed E-state index contributed by atoms with van der Waals surface area (Å²) in [5, 5.41) is 0. The SMILES string of the molecule is CC(C)CC(C)(C)NI. The van der Waals surface area contributed by atoms with Crippen molar-refractivity contribution < 1.29 is 0 Å². The highest BCUT2D eigenvalue weighted by atomic mass is 127. The fourth-order valence-corrected chi connectivity index (χ4v) is 1.28. The van der Waals surface area contributed by atoms with Crippen LogP contribution in [0.5, 0.6) is 0 Å². The topological polar surface area (TPSA) is 12.0 Å². The summed E-state index contributed by atoms with van der Waals surface area (Å²) in [6, 6.07) is 0. The molecule has 0 unspecified atom stereocenters. The lowest BCUT2D eigenvalue weighted by atomic mass is 9.94. The molecule has 0 saturated heterocycles. The number of hydrogen-bond donors (Lipinski definition) is 1. The van der Waals surface area contributed by atoms with E-state index in [0.29, 0.717) is 5.54 Å². The molecule has 0 aromatic heterocycles. The van der Waals surface area contributed by atoms with Crippen molar-refractivity contribution in [3.8, 4) is 0 Å². The molecular formula is C7H16IN. The lowest BCUT2D eigenvalue weighted by molar-refractivity contribution is 0.385. The number of hydrogen-bond acceptors (Lipinski definition) is 1. The highest BCUT2D eigenvalue weighted by Crippen LogP contribution is 2.16. The molecule has 0 bridgehead atoms. The Morgan fingerprint density at radius 3 is 2.00 bits per heavy atom. The van der Waals surface area contributed by atoms with Gasteiger partial charge in [-0.25, -0.2) is 0 Å². The zero-order valence-electron chi connectivity index (χ0n) is 6.66. The monoisotopic (exact) mass is 241 g/mol. The minimum Gasteiger partial charge on any atom is -0.255 e. The second-order valence-corrected chi connectivity index (χ2v) is 4.12. The highest BCUT2D eigenvalue weighted by Gasteiger charge is 2.16. The summed E-state index contributed by atoms with van der Waals surface area (Å²) in [7, 11) is 0. The normalized spacial score (nSPS) is 12.7. The van der Waals surface area contributed by atoms with Crippen LogP contribution in [0.1, 0.15) is 34.1 Å². The van der Waals surface area contributed by atoms with E-state index in [4.69, 9.17) is 0 Å². The van der Waals surface area contributed by atoms with Gasteiger partial charge in [0.15, 0.2) is 0 Å². The lowest BCUT2D eigenvalue weighted by Crippen LogP contribution is -2.33. The van der Waals surface area contributed by atoms with Crippen molar-refractivity contribution >= 4 is 22.9 Å². The first-order valence-corrected chi connectivity index (χ1v) is 4.43. The molecule has 2 heteroatoms. The summed E-state index contributed by atoms with van der Waals surface area (Å²) in [5.41, 5.74) is 0.300. The van der Waals surface area contributed by atoms with Crippen LogP contribution in [0.15, 0.2) is 0 Å². The number of halogens is 1. The quantitative estimate of drug-likeness (QED) is 0.591. The molecule has 0 rings (SSSR count). The molecule has 0 radical (unpaired) electrons. The predicted molar refractivity (Wildman–Crippen MR) is 50.7 cm³/mol. The molecular weight excluding hydrogens is 225 g/mol. The van der Waals surface area contributed by atoms with Gasteiger partial charge < -0.3 is 0 Å². The highest BCUT2D eigenvalue weighted by molar-refractivity contribution is 14.1. The zero-order chi connectivity index (χ0) is 7.49. The first-order valence-electron chi connectivity index (χ1n) is 3.36. The Kier molecular flexibility index (Phi) is 4.05. The van der Waals surface area contributed by atoms with Gasteiger partial charge in [0.1, 0.15) is 0 Å². The fraction of sp³-hybridized carbons (Fsp3) is 1.00. The van der Waals surface area contributed by atoms with Crippen molar-refractivity contribution in [2.75, 3.05) is 0 Å². The van der Waals surface area contributed by atoms with Gasteiger partial charge in [0.25, 0.3) is 0 Å². The third-order valence-electron chi connectivity index (χ3n) is 1.17. The molecule has 0 fully saturated rings. The van der Waals surface area contributed by atoms with Crippen molar-refractivity contribution in [3.63, 3.8) is 0 Å². The van der Waals surface area contributed by atoms with E-state index in [1.54, 1.807) is 0 Å². The van der Waals surface area contributed by atoms with Crippen molar-refractivity contribution in [3.05, 3.63) is 0 Å². The van der Waals surface area contributed by atoms with Gasteiger partial charge in [0, 0.05) is 28.4 Å². The molecule has 0 aliphatic heterocycles. The molecule has 1 nitrogen and oxygen atoms in total. The molecule has 0 amide bonds. The molecule has 0 atom stereocenters. The molecule has 0 saturated carbocycles. The Labute approximate surface area is 72.1 Å². The summed E-state index contributed by atoms with van der Waals surface area (Å²) < 4.78 is 3.24. The van der Waals surface area contributed by atoms with E-state index in [0.717, 1.165) is 5.92 Å². The molecule has 0 aromatic rings. The smallest absolute Gasteiger partial charge is 0.0220 e. The minimum atomic E-state index is 0.300. The molecule has 0 aliphatic rings. The van der Waals surface area contributed by atoms with Crippen LogP contribution in [-0.4, -0.2) is 5.54 Å². The maximum absolute atomic E-state index is 3.24. The maximum atomic E-state index is 3.24. The lowest BCUT2D eigenvalue weighted by Gasteiger charge is -2.24. The van der Waals surface area contributed by atoms with Crippen LogP contribution in [0.3, 0.4) is 0 Å². The van der Waals surface area contributed by atoms with Gasteiger partial charge in [0.2, 0.25) is 0 Å². The first-order chi connectivity index (χ1) is 3.98. The molecule has 9 heavy (non-hydrogen) atoms. The first kappa shape index (κ1) is 9.69. The van der Waals surface area contributed by atoms with Crippen LogP contribution in [0, 0.1) is 5.92 Å². The van der Waals surface area contributed by atoms with Crippen LogP contribution in [0.25, 0.3) is 0 Å². The van der Waals surface area contributed by atoms with Crippen molar-refractivity contribution in [1.82, 2.24) is 3.53 Å². The minimum absolute atomic E-state index is 0.300. The van der Waals surface area contributed by atoms with Gasteiger partial charge in [-0.1, -0.05) is 13.8 Å². The van der Waals surface area contributed by atoms with Gasteiger partial charge in [-0.05, 0) is 26.2 Å². The molecule has 56 valence electrons. The molecule has 0 aliphatic carbocycles. The van der Waals surface area contributed by atoms with Crippen molar-refractivity contribution in [1.29, 1.82) is 0 Å². The van der Waals surface area contributed by atoms with E-state index in [1.807, 2.05) is 0 Å².